The minimum absolute atomic E-state index is 0.152. The van der Waals surface area contributed by atoms with Crippen molar-refractivity contribution in [3.8, 4) is 11.4 Å². The van der Waals surface area contributed by atoms with E-state index in [-0.39, 0.29) is 12.4 Å². The van der Waals surface area contributed by atoms with Crippen molar-refractivity contribution in [3.05, 3.63) is 71.8 Å². The fraction of sp³-hybridized carbons (Fsp3) is 0.217. The molecule has 132 valence electrons. The smallest absolute Gasteiger partial charge is 0.145 e. The largest absolute Gasteiger partial charge is 0.505 e. The number of phenols is 1. The van der Waals surface area contributed by atoms with Crippen molar-refractivity contribution in [2.75, 3.05) is 0 Å². The predicted molar refractivity (Wildman–Crippen MR) is 107 cm³/mol. The van der Waals surface area contributed by atoms with Gasteiger partial charge in [-0.25, -0.2) is 0 Å². The van der Waals surface area contributed by atoms with Crippen molar-refractivity contribution in [1.82, 2.24) is 4.57 Å². The number of rotatable bonds is 5. The Bertz CT molecular complexity index is 1030. The van der Waals surface area contributed by atoms with E-state index in [4.69, 9.17) is 0 Å². The molecule has 0 aliphatic heterocycles. The quantitative estimate of drug-likeness (QED) is 0.514. The number of aliphatic hydroxyl groups is 1. The zero-order valence-electron chi connectivity index (χ0n) is 14.9. The molecule has 3 heteroatoms. The number of hydrogen-bond donors (Lipinski definition) is 2. The van der Waals surface area contributed by atoms with E-state index in [1.165, 1.54) is 0 Å². The SMILES string of the molecule is CCCCc1cc(CO)c(O)c(-n2c3ccccc3c3ccccc32)c1. The number of unbranched alkanes of at least 4 members (excludes halogenated alkanes) is 1. The summed E-state index contributed by atoms with van der Waals surface area (Å²) in [4.78, 5) is 0. The van der Waals surface area contributed by atoms with Crippen LogP contribution in [0.5, 0.6) is 5.75 Å². The summed E-state index contributed by atoms with van der Waals surface area (Å²) in [6.45, 7) is 2.00. The van der Waals surface area contributed by atoms with Gasteiger partial charge in [0.1, 0.15) is 5.75 Å². The van der Waals surface area contributed by atoms with Crippen molar-refractivity contribution in [1.29, 1.82) is 0 Å². The fourth-order valence-corrected chi connectivity index (χ4v) is 3.74. The highest BCUT2D eigenvalue weighted by Crippen LogP contribution is 2.37. The van der Waals surface area contributed by atoms with Crippen LogP contribution in [0.15, 0.2) is 60.7 Å². The van der Waals surface area contributed by atoms with Gasteiger partial charge in [-0.3, -0.25) is 0 Å². The summed E-state index contributed by atoms with van der Waals surface area (Å²) in [5.74, 6) is 0.152. The van der Waals surface area contributed by atoms with Crippen molar-refractivity contribution in [2.24, 2.45) is 0 Å². The average Bonchev–Trinajstić information content (AvgIpc) is 3.01. The molecule has 1 aromatic heterocycles. The summed E-state index contributed by atoms with van der Waals surface area (Å²) in [6.07, 6.45) is 3.14. The van der Waals surface area contributed by atoms with Crippen LogP contribution in [0.1, 0.15) is 30.9 Å². The summed E-state index contributed by atoms with van der Waals surface area (Å²) < 4.78 is 2.11. The summed E-state index contributed by atoms with van der Waals surface area (Å²) in [6, 6.07) is 20.5. The summed E-state index contributed by atoms with van der Waals surface area (Å²) in [7, 11) is 0. The van der Waals surface area contributed by atoms with E-state index in [2.05, 4.69) is 41.8 Å². The molecule has 3 aromatic carbocycles. The number of hydrogen-bond acceptors (Lipinski definition) is 2. The van der Waals surface area contributed by atoms with E-state index in [0.717, 1.165) is 52.3 Å². The Hall–Kier alpha value is -2.78. The first-order chi connectivity index (χ1) is 12.7. The van der Waals surface area contributed by atoms with Gasteiger partial charge >= 0.3 is 0 Å². The Labute approximate surface area is 153 Å². The number of nitrogens with zero attached hydrogens (tertiary/aromatic N) is 1. The lowest BCUT2D eigenvalue weighted by atomic mass is 10.0. The van der Waals surface area contributed by atoms with Crippen LogP contribution < -0.4 is 0 Å². The first kappa shape index (κ1) is 16.7. The lowest BCUT2D eigenvalue weighted by Crippen LogP contribution is -2.00. The summed E-state index contributed by atoms with van der Waals surface area (Å²) in [5.41, 5.74) is 4.57. The molecular formula is C23H23NO2. The Balaban J connectivity index is 2.05. The maximum atomic E-state index is 10.8. The molecule has 0 amide bonds. The Kier molecular flexibility index (Phi) is 4.39. The standard InChI is InChI=1S/C23H23NO2/c1-2-3-8-16-13-17(15-25)23(26)22(14-16)24-20-11-6-4-9-18(20)19-10-5-7-12-21(19)24/h4-7,9-14,25-26H,2-3,8,15H2,1H3. The highest BCUT2D eigenvalue weighted by Gasteiger charge is 2.17. The highest BCUT2D eigenvalue weighted by atomic mass is 16.3. The van der Waals surface area contributed by atoms with Crippen LogP contribution in [0.4, 0.5) is 0 Å². The molecular weight excluding hydrogens is 322 g/mol. The van der Waals surface area contributed by atoms with E-state index in [0.29, 0.717) is 5.56 Å². The molecule has 4 aromatic rings. The van der Waals surface area contributed by atoms with Gasteiger partial charge in [0.25, 0.3) is 0 Å². The van der Waals surface area contributed by atoms with Crippen molar-refractivity contribution in [3.63, 3.8) is 0 Å². The van der Waals surface area contributed by atoms with Gasteiger partial charge in [0.2, 0.25) is 0 Å². The van der Waals surface area contributed by atoms with Crippen molar-refractivity contribution >= 4 is 21.8 Å². The number of benzene rings is 3. The average molecular weight is 345 g/mol. The first-order valence-electron chi connectivity index (χ1n) is 9.18. The molecule has 0 saturated heterocycles. The first-order valence-corrected chi connectivity index (χ1v) is 9.18. The Morgan fingerprint density at radius 3 is 2.08 bits per heavy atom. The van der Waals surface area contributed by atoms with E-state index in [9.17, 15) is 10.2 Å². The number of aromatic hydroxyl groups is 1. The number of fused-ring (bicyclic) bond motifs is 3. The maximum Gasteiger partial charge on any atom is 0.145 e. The molecule has 0 fully saturated rings. The molecule has 0 saturated carbocycles. The Morgan fingerprint density at radius 1 is 0.885 bits per heavy atom. The van der Waals surface area contributed by atoms with Crippen LogP contribution in [0, 0.1) is 0 Å². The van der Waals surface area contributed by atoms with Crippen molar-refractivity contribution in [2.45, 2.75) is 32.8 Å². The Morgan fingerprint density at radius 2 is 1.50 bits per heavy atom. The molecule has 3 nitrogen and oxygen atoms in total. The van der Waals surface area contributed by atoms with Gasteiger partial charge in [-0.15, -0.1) is 0 Å². The molecule has 0 atom stereocenters. The molecule has 0 aliphatic rings. The fourth-order valence-electron chi connectivity index (χ4n) is 3.74. The second-order valence-electron chi connectivity index (χ2n) is 6.75. The molecule has 0 spiro atoms. The normalized spacial score (nSPS) is 11.5. The second kappa shape index (κ2) is 6.85. The van der Waals surface area contributed by atoms with Crippen LogP contribution in [0.2, 0.25) is 0 Å². The molecule has 0 unspecified atom stereocenters. The van der Waals surface area contributed by atoms with Crippen LogP contribution in [-0.2, 0) is 13.0 Å². The molecule has 2 N–H and O–H groups in total. The van der Waals surface area contributed by atoms with Gasteiger partial charge in [-0.1, -0.05) is 49.7 Å². The van der Waals surface area contributed by atoms with Gasteiger partial charge in [0.05, 0.1) is 23.3 Å². The van der Waals surface area contributed by atoms with E-state index in [1.807, 2.05) is 30.3 Å². The molecule has 26 heavy (non-hydrogen) atoms. The minimum atomic E-state index is -0.171. The van der Waals surface area contributed by atoms with Crippen LogP contribution in [-0.4, -0.2) is 14.8 Å². The van der Waals surface area contributed by atoms with Crippen molar-refractivity contribution < 1.29 is 10.2 Å². The number of para-hydroxylation sites is 2. The van der Waals surface area contributed by atoms with E-state index >= 15 is 0 Å². The predicted octanol–water partition coefficient (Wildman–Crippen LogP) is 5.32. The van der Waals surface area contributed by atoms with E-state index < -0.39 is 0 Å². The third kappa shape index (κ3) is 2.65. The van der Waals surface area contributed by atoms with Crippen LogP contribution in [0.3, 0.4) is 0 Å². The molecule has 0 radical (unpaired) electrons. The second-order valence-corrected chi connectivity index (χ2v) is 6.75. The third-order valence-electron chi connectivity index (χ3n) is 5.04. The number of aliphatic hydroxyl groups excluding tert-OH is 1. The van der Waals surface area contributed by atoms with Gasteiger partial charge in [0.15, 0.2) is 0 Å². The van der Waals surface area contributed by atoms with E-state index in [1.54, 1.807) is 0 Å². The minimum Gasteiger partial charge on any atom is -0.505 e. The topological polar surface area (TPSA) is 45.4 Å². The highest BCUT2D eigenvalue weighted by molar-refractivity contribution is 6.09. The third-order valence-corrected chi connectivity index (χ3v) is 5.04. The van der Waals surface area contributed by atoms with Crippen LogP contribution >= 0.6 is 0 Å². The lowest BCUT2D eigenvalue weighted by Gasteiger charge is -2.15. The molecule has 4 rings (SSSR count). The number of aromatic nitrogens is 1. The van der Waals surface area contributed by atoms with Gasteiger partial charge in [-0.2, -0.15) is 0 Å². The number of aryl methyl sites for hydroxylation is 1. The van der Waals surface area contributed by atoms with Crippen LogP contribution in [0.25, 0.3) is 27.5 Å². The molecule has 0 aliphatic carbocycles. The summed E-state index contributed by atoms with van der Waals surface area (Å²) in [5, 5.41) is 22.9. The zero-order valence-corrected chi connectivity index (χ0v) is 14.9. The van der Waals surface area contributed by atoms with Gasteiger partial charge in [0, 0.05) is 16.3 Å². The molecule has 1 heterocycles. The van der Waals surface area contributed by atoms with Gasteiger partial charge in [-0.05, 0) is 42.7 Å². The monoisotopic (exact) mass is 345 g/mol. The zero-order chi connectivity index (χ0) is 18.1. The van der Waals surface area contributed by atoms with Gasteiger partial charge < -0.3 is 14.8 Å². The maximum absolute atomic E-state index is 10.8. The summed E-state index contributed by atoms with van der Waals surface area (Å²) >= 11 is 0. The lowest BCUT2D eigenvalue weighted by molar-refractivity contribution is 0.275. The molecule has 0 bridgehead atoms.